The molecule has 0 aromatic carbocycles. The molecule has 2 aliphatic heterocycles. The van der Waals surface area contributed by atoms with Crippen molar-refractivity contribution in [3.63, 3.8) is 0 Å². The largest absolute Gasteiger partial charge is 0.377 e. The summed E-state index contributed by atoms with van der Waals surface area (Å²) >= 11 is 0. The Balaban J connectivity index is 0.000000304. The Labute approximate surface area is 138 Å². The van der Waals surface area contributed by atoms with Crippen LogP contribution < -0.4 is 0 Å². The molecule has 1 aliphatic carbocycles. The highest BCUT2D eigenvalue weighted by molar-refractivity contribution is 5.34. The molecule has 0 aromatic heterocycles. The van der Waals surface area contributed by atoms with Gasteiger partial charge in [0.1, 0.15) is 0 Å². The molecular weight excluding hydrogens is 296 g/mol. The molecule has 3 rings (SSSR count). The van der Waals surface area contributed by atoms with Gasteiger partial charge in [0, 0.05) is 0 Å². The van der Waals surface area contributed by atoms with Crippen LogP contribution in [0.25, 0.3) is 0 Å². The Morgan fingerprint density at radius 3 is 2.09 bits per heavy atom. The van der Waals surface area contributed by atoms with Gasteiger partial charge in [-0.15, -0.1) is 0 Å². The third-order valence-corrected chi connectivity index (χ3v) is 3.89. The molecule has 23 heavy (non-hydrogen) atoms. The van der Waals surface area contributed by atoms with Crippen molar-refractivity contribution in [3.8, 4) is 0 Å². The highest BCUT2D eigenvalue weighted by Gasteiger charge is 2.41. The maximum atomic E-state index is 10.3. The van der Waals surface area contributed by atoms with Crippen molar-refractivity contribution in [1.29, 1.82) is 0 Å². The number of nitrogens with zero attached hydrogens (tertiary/aromatic N) is 2. The molecule has 3 aliphatic rings. The standard InChI is InChI=1S/C12H18N2O2.C3H6O.C2H4O/c1-11(2)4-10(14-9-16)5-12(3,6-11)7-13-8-15;1-3-2-4-3;1-2-3-1/h10H,4-7H2,1-3H3;3H,2H2,1H3;1-2H2. The average Bonchev–Trinajstić information content (AvgIpc) is 3.29. The number of hydrogen-bond donors (Lipinski definition) is 0. The average molecular weight is 324 g/mol. The van der Waals surface area contributed by atoms with E-state index in [1.807, 2.05) is 0 Å². The van der Waals surface area contributed by atoms with Crippen LogP contribution in [0, 0.1) is 10.8 Å². The second-order valence-corrected chi connectivity index (χ2v) is 7.60. The highest BCUT2D eigenvalue weighted by Crippen LogP contribution is 2.47. The van der Waals surface area contributed by atoms with Crippen molar-refractivity contribution in [1.82, 2.24) is 0 Å². The molecule has 0 bridgehead atoms. The lowest BCUT2D eigenvalue weighted by atomic mass is 9.63. The van der Waals surface area contributed by atoms with Crippen LogP contribution >= 0.6 is 0 Å². The van der Waals surface area contributed by atoms with E-state index in [0.29, 0.717) is 12.6 Å². The number of hydrogen-bond acceptors (Lipinski definition) is 6. The van der Waals surface area contributed by atoms with Crippen molar-refractivity contribution in [2.24, 2.45) is 20.8 Å². The van der Waals surface area contributed by atoms with Gasteiger partial charge in [0.2, 0.25) is 12.2 Å². The second kappa shape index (κ2) is 9.09. The van der Waals surface area contributed by atoms with Gasteiger partial charge in [0.25, 0.3) is 0 Å². The molecule has 130 valence electrons. The zero-order valence-corrected chi connectivity index (χ0v) is 14.6. The zero-order valence-electron chi connectivity index (χ0n) is 14.6. The van der Waals surface area contributed by atoms with Gasteiger partial charge in [0.05, 0.1) is 38.5 Å². The van der Waals surface area contributed by atoms with Crippen LogP contribution in [-0.2, 0) is 19.1 Å². The number of aliphatic imine (C=N–C) groups is 2. The van der Waals surface area contributed by atoms with Crippen molar-refractivity contribution >= 4 is 12.2 Å². The van der Waals surface area contributed by atoms with Crippen molar-refractivity contribution in [2.45, 2.75) is 59.1 Å². The molecule has 2 saturated heterocycles. The van der Waals surface area contributed by atoms with E-state index in [4.69, 9.17) is 4.74 Å². The minimum Gasteiger partial charge on any atom is -0.377 e. The van der Waals surface area contributed by atoms with E-state index in [2.05, 4.69) is 42.4 Å². The molecule has 6 heteroatoms. The summed E-state index contributed by atoms with van der Waals surface area (Å²) in [5.41, 5.74) is 0.0561. The van der Waals surface area contributed by atoms with E-state index < -0.39 is 0 Å². The summed E-state index contributed by atoms with van der Waals surface area (Å²) in [7, 11) is 0. The molecule has 0 radical (unpaired) electrons. The summed E-state index contributed by atoms with van der Waals surface area (Å²) in [5.74, 6) is 0. The van der Waals surface area contributed by atoms with Crippen LogP contribution in [0.3, 0.4) is 0 Å². The lowest BCUT2D eigenvalue weighted by Crippen LogP contribution is -2.39. The molecule has 0 amide bonds. The van der Waals surface area contributed by atoms with Crippen LogP contribution in [0.15, 0.2) is 9.98 Å². The van der Waals surface area contributed by atoms with Crippen LogP contribution in [-0.4, -0.2) is 50.7 Å². The van der Waals surface area contributed by atoms with E-state index in [9.17, 15) is 9.59 Å². The molecule has 6 nitrogen and oxygen atoms in total. The van der Waals surface area contributed by atoms with Gasteiger partial charge in [-0.05, 0) is 37.0 Å². The van der Waals surface area contributed by atoms with E-state index >= 15 is 0 Å². The maximum absolute atomic E-state index is 10.3. The van der Waals surface area contributed by atoms with Crippen LogP contribution in [0.2, 0.25) is 0 Å². The first-order valence-electron chi connectivity index (χ1n) is 8.10. The first-order chi connectivity index (χ1) is 10.8. The SMILES string of the molecule is C1CO1.CC1(C)CC(N=C=O)CC(C)(CN=C=O)C1.CC1CO1. The van der Waals surface area contributed by atoms with Gasteiger partial charge in [-0.3, -0.25) is 0 Å². The number of epoxide rings is 2. The van der Waals surface area contributed by atoms with Crippen molar-refractivity contribution < 1.29 is 19.1 Å². The number of rotatable bonds is 3. The van der Waals surface area contributed by atoms with E-state index in [-0.39, 0.29) is 16.9 Å². The molecule has 3 unspecified atom stereocenters. The van der Waals surface area contributed by atoms with Gasteiger partial charge in [-0.1, -0.05) is 20.8 Å². The van der Waals surface area contributed by atoms with E-state index in [1.54, 1.807) is 12.2 Å². The first-order valence-corrected chi connectivity index (χ1v) is 8.10. The quantitative estimate of drug-likeness (QED) is 0.454. The summed E-state index contributed by atoms with van der Waals surface area (Å²) in [6.07, 6.45) is 6.46. The van der Waals surface area contributed by atoms with Gasteiger partial charge in [-0.25, -0.2) is 19.6 Å². The maximum Gasteiger partial charge on any atom is 0.235 e. The smallest absolute Gasteiger partial charge is 0.235 e. The van der Waals surface area contributed by atoms with Gasteiger partial charge in [0.15, 0.2) is 0 Å². The fraction of sp³-hybridized carbons (Fsp3) is 0.882. The summed E-state index contributed by atoms with van der Waals surface area (Å²) < 4.78 is 9.21. The fourth-order valence-corrected chi connectivity index (χ4v) is 3.18. The van der Waals surface area contributed by atoms with Crippen molar-refractivity contribution in [2.75, 3.05) is 26.4 Å². The van der Waals surface area contributed by atoms with Crippen LogP contribution in [0.4, 0.5) is 0 Å². The molecular formula is C17H28N2O4. The predicted molar refractivity (Wildman–Crippen MR) is 86.9 cm³/mol. The van der Waals surface area contributed by atoms with E-state index in [1.165, 1.54) is 0 Å². The van der Waals surface area contributed by atoms with Crippen LogP contribution in [0.5, 0.6) is 0 Å². The predicted octanol–water partition coefficient (Wildman–Crippen LogP) is 2.66. The third kappa shape index (κ3) is 10.1. The Morgan fingerprint density at radius 1 is 1.13 bits per heavy atom. The van der Waals surface area contributed by atoms with Crippen LogP contribution in [0.1, 0.15) is 47.0 Å². The minimum absolute atomic E-state index is 0.00750. The second-order valence-electron chi connectivity index (χ2n) is 7.60. The summed E-state index contributed by atoms with van der Waals surface area (Å²) in [5, 5.41) is 0. The summed E-state index contributed by atoms with van der Waals surface area (Å²) in [6, 6.07) is 0.00750. The Bertz CT molecular complexity index is 458. The molecule has 0 spiro atoms. The lowest BCUT2D eigenvalue weighted by Gasteiger charge is -2.44. The summed E-state index contributed by atoms with van der Waals surface area (Å²) in [6.45, 7) is 11.9. The monoisotopic (exact) mass is 324 g/mol. The van der Waals surface area contributed by atoms with Gasteiger partial charge >= 0.3 is 0 Å². The molecule has 2 heterocycles. The third-order valence-electron chi connectivity index (χ3n) is 3.89. The van der Waals surface area contributed by atoms with Gasteiger partial charge in [-0.2, -0.15) is 0 Å². The normalized spacial score (nSPS) is 32.5. The molecule has 1 saturated carbocycles. The molecule has 0 aromatic rings. The number of isocyanates is 2. The van der Waals surface area contributed by atoms with E-state index in [0.717, 1.165) is 39.1 Å². The Kier molecular flexibility index (Phi) is 7.80. The highest BCUT2D eigenvalue weighted by atomic mass is 16.6. The number of ether oxygens (including phenoxy) is 2. The number of carbonyl (C=O) groups excluding carboxylic acids is 2. The first kappa shape index (κ1) is 19.7. The van der Waals surface area contributed by atoms with Crippen molar-refractivity contribution in [3.05, 3.63) is 0 Å². The summed E-state index contributed by atoms with van der Waals surface area (Å²) in [4.78, 5) is 28.0. The fourth-order valence-electron chi connectivity index (χ4n) is 3.18. The lowest BCUT2D eigenvalue weighted by molar-refractivity contribution is 0.0915. The molecule has 0 N–H and O–H groups in total. The zero-order chi connectivity index (χ0) is 17.3. The minimum atomic E-state index is -0.0653. The van der Waals surface area contributed by atoms with Gasteiger partial charge < -0.3 is 9.47 Å². The Morgan fingerprint density at radius 2 is 1.70 bits per heavy atom. The molecule has 3 atom stereocenters. The topological polar surface area (TPSA) is 83.9 Å². The Hall–Kier alpha value is -1.32. The molecule has 3 fully saturated rings.